The van der Waals surface area contributed by atoms with Crippen LogP contribution in [0.1, 0.15) is 23.6 Å². The fourth-order valence-electron chi connectivity index (χ4n) is 1.68. The molecule has 0 saturated heterocycles. The molecule has 0 saturated carbocycles. The van der Waals surface area contributed by atoms with E-state index in [1.54, 1.807) is 36.2 Å². The second-order valence-electron chi connectivity index (χ2n) is 4.99. The summed E-state index contributed by atoms with van der Waals surface area (Å²) in [5.74, 6) is 0.806. The van der Waals surface area contributed by atoms with Crippen molar-refractivity contribution in [1.82, 2.24) is 9.62 Å². The molecule has 0 aromatic carbocycles. The minimum atomic E-state index is -3.36. The number of thioether (sulfide) groups is 1. The van der Waals surface area contributed by atoms with Gasteiger partial charge in [0.25, 0.3) is 0 Å². The van der Waals surface area contributed by atoms with Gasteiger partial charge in [-0.25, -0.2) is 12.7 Å². The van der Waals surface area contributed by atoms with Crippen molar-refractivity contribution in [2.24, 2.45) is 0 Å². The Hall–Kier alpha value is -0.0800. The molecule has 0 aliphatic heterocycles. The summed E-state index contributed by atoms with van der Waals surface area (Å²) < 4.78 is 26.5. The third-order valence-corrected chi connectivity index (χ3v) is 6.66. The first kappa shape index (κ1) is 18.0. The monoisotopic (exact) mass is 336 g/mol. The highest BCUT2D eigenvalue weighted by molar-refractivity contribution is 7.98. The largest absolute Gasteiger partial charge is 0.310 e. The number of aryl methyl sites for hydroxylation is 1. The molecule has 7 heteroatoms. The van der Waals surface area contributed by atoms with E-state index < -0.39 is 10.0 Å². The number of hydrogen-bond donors (Lipinski definition) is 1. The van der Waals surface area contributed by atoms with Crippen LogP contribution in [-0.2, 0) is 16.6 Å². The molecule has 1 aromatic heterocycles. The lowest BCUT2D eigenvalue weighted by molar-refractivity contribution is 0.488. The quantitative estimate of drug-likeness (QED) is 0.792. The molecule has 0 fully saturated rings. The first-order chi connectivity index (χ1) is 9.28. The van der Waals surface area contributed by atoms with E-state index in [0.717, 1.165) is 15.5 Å². The Labute approximate surface area is 131 Å². The van der Waals surface area contributed by atoms with Crippen LogP contribution in [0.15, 0.2) is 11.0 Å². The lowest BCUT2D eigenvalue weighted by Gasteiger charge is -2.16. The van der Waals surface area contributed by atoms with Gasteiger partial charge in [-0.05, 0) is 19.2 Å². The number of nitrogens with zero attached hydrogens (tertiary/aromatic N) is 1. The molecule has 0 spiro atoms. The van der Waals surface area contributed by atoms with Crippen molar-refractivity contribution in [2.45, 2.75) is 38.3 Å². The van der Waals surface area contributed by atoms with Crippen LogP contribution in [0, 0.1) is 6.92 Å². The number of thiophene rings is 1. The van der Waals surface area contributed by atoms with E-state index >= 15 is 0 Å². The van der Waals surface area contributed by atoms with Gasteiger partial charge in [-0.2, -0.15) is 11.8 Å². The molecule has 0 bridgehead atoms. The normalized spacial score (nSPS) is 12.6. The summed E-state index contributed by atoms with van der Waals surface area (Å²) in [4.78, 5) is 2.38. The maximum atomic E-state index is 12.5. The van der Waals surface area contributed by atoms with Crippen LogP contribution in [0.3, 0.4) is 0 Å². The minimum absolute atomic E-state index is 0.390. The Balaban J connectivity index is 2.89. The van der Waals surface area contributed by atoms with Crippen molar-refractivity contribution in [3.05, 3.63) is 15.8 Å². The van der Waals surface area contributed by atoms with Crippen molar-refractivity contribution >= 4 is 33.1 Å². The molecule has 0 radical (unpaired) electrons. The van der Waals surface area contributed by atoms with E-state index in [-0.39, 0.29) is 0 Å². The Bertz CT molecular complexity index is 524. The molecular weight excluding hydrogens is 312 g/mol. The van der Waals surface area contributed by atoms with Crippen LogP contribution < -0.4 is 5.32 Å². The third-order valence-electron chi connectivity index (χ3n) is 2.91. The summed E-state index contributed by atoms with van der Waals surface area (Å²) in [5, 5.41) is 3.32. The van der Waals surface area contributed by atoms with Gasteiger partial charge < -0.3 is 5.32 Å². The van der Waals surface area contributed by atoms with E-state index in [1.807, 2.05) is 13.2 Å². The standard InChI is InChI=1S/C13H24N2O2S3/c1-10(2)14-9-12-8-13(11(3)19-12)20(16,17)15(4)6-7-18-5/h8,10,14H,6-7,9H2,1-5H3. The van der Waals surface area contributed by atoms with E-state index in [1.165, 1.54) is 4.31 Å². The second kappa shape index (κ2) is 7.79. The molecule has 0 aliphatic carbocycles. The Morgan fingerprint density at radius 2 is 2.10 bits per heavy atom. The first-order valence-electron chi connectivity index (χ1n) is 6.57. The molecule has 0 aliphatic rings. The molecular formula is C13H24N2O2S3. The minimum Gasteiger partial charge on any atom is -0.310 e. The Morgan fingerprint density at radius 1 is 1.45 bits per heavy atom. The molecule has 20 heavy (non-hydrogen) atoms. The zero-order chi connectivity index (χ0) is 15.3. The highest BCUT2D eigenvalue weighted by Gasteiger charge is 2.24. The summed E-state index contributed by atoms with van der Waals surface area (Å²) in [5.41, 5.74) is 0. The van der Waals surface area contributed by atoms with Crippen LogP contribution in [0.4, 0.5) is 0 Å². The van der Waals surface area contributed by atoms with Crippen molar-refractivity contribution < 1.29 is 8.42 Å². The van der Waals surface area contributed by atoms with Crippen molar-refractivity contribution in [3.8, 4) is 0 Å². The topological polar surface area (TPSA) is 49.4 Å². The van der Waals surface area contributed by atoms with Gasteiger partial charge in [0.1, 0.15) is 0 Å². The molecule has 1 N–H and O–H groups in total. The molecule has 0 unspecified atom stereocenters. The fourth-order valence-corrected chi connectivity index (χ4v) is 4.97. The van der Waals surface area contributed by atoms with Gasteiger partial charge in [0.2, 0.25) is 10.0 Å². The van der Waals surface area contributed by atoms with Gasteiger partial charge in [-0.3, -0.25) is 0 Å². The van der Waals surface area contributed by atoms with E-state index in [0.29, 0.717) is 24.0 Å². The predicted molar refractivity (Wildman–Crippen MR) is 89.2 cm³/mol. The maximum Gasteiger partial charge on any atom is 0.243 e. The summed E-state index contributed by atoms with van der Waals surface area (Å²) in [6.45, 7) is 7.28. The van der Waals surface area contributed by atoms with Gasteiger partial charge in [0.15, 0.2) is 0 Å². The second-order valence-corrected chi connectivity index (χ2v) is 9.33. The fraction of sp³-hybridized carbons (Fsp3) is 0.692. The third kappa shape index (κ3) is 4.73. The Kier molecular flexibility index (Phi) is 7.00. The van der Waals surface area contributed by atoms with Crippen LogP contribution in [0.2, 0.25) is 0 Å². The lowest BCUT2D eigenvalue weighted by atomic mass is 10.3. The average molecular weight is 337 g/mol. The molecule has 4 nitrogen and oxygen atoms in total. The van der Waals surface area contributed by atoms with Gasteiger partial charge in [-0.15, -0.1) is 11.3 Å². The number of rotatable bonds is 8. The van der Waals surface area contributed by atoms with E-state index in [2.05, 4.69) is 19.2 Å². The van der Waals surface area contributed by atoms with Gasteiger partial charge >= 0.3 is 0 Å². The number of nitrogens with one attached hydrogen (secondary N) is 1. The SMILES string of the molecule is CSCCN(C)S(=O)(=O)c1cc(CNC(C)C)sc1C. The van der Waals surface area contributed by atoms with Gasteiger partial charge in [0, 0.05) is 41.7 Å². The van der Waals surface area contributed by atoms with Crippen molar-refractivity contribution in [2.75, 3.05) is 25.6 Å². The smallest absolute Gasteiger partial charge is 0.243 e. The number of sulfonamides is 1. The molecule has 1 rings (SSSR count). The van der Waals surface area contributed by atoms with Gasteiger partial charge in [-0.1, -0.05) is 13.8 Å². The zero-order valence-corrected chi connectivity index (χ0v) is 15.2. The molecule has 0 amide bonds. The highest BCUT2D eigenvalue weighted by atomic mass is 32.2. The maximum absolute atomic E-state index is 12.5. The van der Waals surface area contributed by atoms with Crippen molar-refractivity contribution in [3.63, 3.8) is 0 Å². The highest BCUT2D eigenvalue weighted by Crippen LogP contribution is 2.27. The summed E-state index contributed by atoms with van der Waals surface area (Å²) >= 11 is 3.20. The van der Waals surface area contributed by atoms with E-state index in [9.17, 15) is 8.42 Å². The number of hydrogen-bond acceptors (Lipinski definition) is 5. The Morgan fingerprint density at radius 3 is 2.65 bits per heavy atom. The average Bonchev–Trinajstić information content (AvgIpc) is 2.75. The summed E-state index contributed by atoms with van der Waals surface area (Å²) in [7, 11) is -1.71. The van der Waals surface area contributed by atoms with Crippen LogP contribution in [0.5, 0.6) is 0 Å². The van der Waals surface area contributed by atoms with Gasteiger partial charge in [0.05, 0.1) is 4.90 Å². The zero-order valence-electron chi connectivity index (χ0n) is 12.8. The molecule has 1 aromatic rings. The molecule has 0 atom stereocenters. The van der Waals surface area contributed by atoms with Crippen molar-refractivity contribution in [1.29, 1.82) is 0 Å². The van der Waals surface area contributed by atoms with Crippen LogP contribution in [-0.4, -0.2) is 44.4 Å². The lowest BCUT2D eigenvalue weighted by Crippen LogP contribution is -2.29. The van der Waals surface area contributed by atoms with Crippen LogP contribution >= 0.6 is 23.1 Å². The van der Waals surface area contributed by atoms with Crippen LogP contribution in [0.25, 0.3) is 0 Å². The first-order valence-corrected chi connectivity index (χ1v) is 10.2. The predicted octanol–water partition coefficient (Wildman–Crippen LogP) is 2.54. The molecule has 1 heterocycles. The molecule has 116 valence electrons. The summed E-state index contributed by atoms with van der Waals surface area (Å²) in [6.07, 6.45) is 1.98. The van der Waals surface area contributed by atoms with E-state index in [4.69, 9.17) is 0 Å². The summed E-state index contributed by atoms with van der Waals surface area (Å²) in [6, 6.07) is 2.20.